The van der Waals surface area contributed by atoms with E-state index in [4.69, 9.17) is 5.21 Å². The predicted octanol–water partition coefficient (Wildman–Crippen LogP) is 3.51. The second kappa shape index (κ2) is 6.82. The minimum Gasteiger partial charge on any atom is -0.345 e. The van der Waals surface area contributed by atoms with Gasteiger partial charge in [0.15, 0.2) is 0 Å². The van der Waals surface area contributed by atoms with E-state index in [1.807, 2.05) is 36.6 Å². The van der Waals surface area contributed by atoms with Crippen LogP contribution in [0.1, 0.15) is 39.2 Å². The van der Waals surface area contributed by atoms with Gasteiger partial charge in [-0.15, -0.1) is 11.3 Å². The van der Waals surface area contributed by atoms with E-state index < -0.39 is 5.91 Å². The number of hydrogen-bond acceptors (Lipinski definition) is 4. The molecule has 1 atom stereocenters. The maximum Gasteiger partial charge on any atom is 0.274 e. The van der Waals surface area contributed by atoms with Crippen LogP contribution in [0, 0.1) is 0 Å². The van der Waals surface area contributed by atoms with Gasteiger partial charge in [-0.2, -0.15) is 0 Å². The fourth-order valence-corrected chi connectivity index (χ4v) is 3.44. The molecule has 1 heterocycles. The van der Waals surface area contributed by atoms with Crippen molar-refractivity contribution in [1.29, 1.82) is 0 Å². The number of carbonyl (C=O) groups is 2. The van der Waals surface area contributed by atoms with E-state index in [2.05, 4.69) is 5.32 Å². The van der Waals surface area contributed by atoms with Crippen molar-refractivity contribution >= 4 is 33.2 Å². The molecule has 0 bridgehead atoms. The van der Waals surface area contributed by atoms with Crippen LogP contribution in [-0.2, 0) is 0 Å². The van der Waals surface area contributed by atoms with E-state index >= 15 is 0 Å². The number of carbonyl (C=O) groups excluding carboxylic acids is 2. The Morgan fingerprint density at radius 3 is 2.46 bits per heavy atom. The molecule has 5 nitrogen and oxygen atoms in total. The Labute approximate surface area is 142 Å². The van der Waals surface area contributed by atoms with Crippen LogP contribution in [0.15, 0.2) is 53.9 Å². The van der Waals surface area contributed by atoms with E-state index in [1.54, 1.807) is 41.1 Å². The van der Waals surface area contributed by atoms with Crippen molar-refractivity contribution in [1.82, 2.24) is 10.8 Å². The standard InChI is InChI=1S/C18H16N2O3S/c1-11(12-6-8-13(9-7-12)17(21)20-23)19-18(22)15-10-24-16-5-3-2-4-14(15)16/h2-11,23H,1H3,(H,19,22)(H,20,21). The normalized spacial score (nSPS) is 11.9. The van der Waals surface area contributed by atoms with E-state index in [1.165, 1.54) is 0 Å². The molecule has 0 aliphatic carbocycles. The fourth-order valence-electron chi connectivity index (χ4n) is 2.50. The van der Waals surface area contributed by atoms with Crippen molar-refractivity contribution in [3.63, 3.8) is 0 Å². The Morgan fingerprint density at radius 2 is 1.75 bits per heavy atom. The summed E-state index contributed by atoms with van der Waals surface area (Å²) in [7, 11) is 0. The van der Waals surface area contributed by atoms with Gasteiger partial charge in [0.05, 0.1) is 11.6 Å². The lowest BCUT2D eigenvalue weighted by atomic mass is 10.1. The lowest BCUT2D eigenvalue weighted by Crippen LogP contribution is -2.26. The van der Waals surface area contributed by atoms with Crippen LogP contribution in [0.2, 0.25) is 0 Å². The number of hydroxylamine groups is 1. The van der Waals surface area contributed by atoms with Crippen molar-refractivity contribution in [3.8, 4) is 0 Å². The zero-order valence-corrected chi connectivity index (χ0v) is 13.8. The maximum absolute atomic E-state index is 12.5. The first kappa shape index (κ1) is 16.2. The average Bonchev–Trinajstić information content (AvgIpc) is 3.05. The van der Waals surface area contributed by atoms with Crippen LogP contribution < -0.4 is 10.8 Å². The number of hydrogen-bond donors (Lipinski definition) is 3. The van der Waals surface area contributed by atoms with Gasteiger partial charge in [-0.1, -0.05) is 30.3 Å². The van der Waals surface area contributed by atoms with Crippen molar-refractivity contribution in [2.75, 3.05) is 0 Å². The molecule has 2 amide bonds. The average molecular weight is 340 g/mol. The number of benzene rings is 2. The second-order valence-electron chi connectivity index (χ2n) is 5.40. The Morgan fingerprint density at radius 1 is 1.04 bits per heavy atom. The van der Waals surface area contributed by atoms with Gasteiger partial charge in [-0.05, 0) is 30.7 Å². The van der Waals surface area contributed by atoms with Gasteiger partial charge >= 0.3 is 0 Å². The topological polar surface area (TPSA) is 78.4 Å². The van der Waals surface area contributed by atoms with Gasteiger partial charge in [0, 0.05) is 21.0 Å². The number of rotatable bonds is 4. The molecule has 0 spiro atoms. The van der Waals surface area contributed by atoms with Crippen LogP contribution in [0.5, 0.6) is 0 Å². The zero-order chi connectivity index (χ0) is 17.1. The first-order chi connectivity index (χ1) is 11.6. The molecule has 0 fully saturated rings. The lowest BCUT2D eigenvalue weighted by Gasteiger charge is -2.14. The van der Waals surface area contributed by atoms with Gasteiger partial charge in [0.25, 0.3) is 11.8 Å². The molecular formula is C18H16N2O3S. The SMILES string of the molecule is CC(NC(=O)c1csc2ccccc12)c1ccc(C(=O)NO)cc1. The number of thiophene rings is 1. The summed E-state index contributed by atoms with van der Waals surface area (Å²) < 4.78 is 1.08. The van der Waals surface area contributed by atoms with Crippen LogP contribution in [0.4, 0.5) is 0 Å². The van der Waals surface area contributed by atoms with Gasteiger partial charge in [-0.25, -0.2) is 5.48 Å². The summed E-state index contributed by atoms with van der Waals surface area (Å²) in [5.74, 6) is -0.694. The first-order valence-corrected chi connectivity index (χ1v) is 8.29. The minimum atomic E-state index is -0.567. The number of amides is 2. The molecule has 6 heteroatoms. The molecule has 0 aliphatic heterocycles. The molecule has 0 saturated carbocycles. The molecule has 1 aromatic heterocycles. The van der Waals surface area contributed by atoms with Crippen molar-refractivity contribution < 1.29 is 14.8 Å². The highest BCUT2D eigenvalue weighted by molar-refractivity contribution is 7.17. The van der Waals surface area contributed by atoms with Gasteiger partial charge < -0.3 is 5.32 Å². The Balaban J connectivity index is 1.75. The molecule has 1 unspecified atom stereocenters. The van der Waals surface area contributed by atoms with Crippen LogP contribution in [0.3, 0.4) is 0 Å². The lowest BCUT2D eigenvalue weighted by molar-refractivity contribution is 0.0706. The summed E-state index contributed by atoms with van der Waals surface area (Å²) in [4.78, 5) is 23.8. The third-order valence-corrected chi connectivity index (χ3v) is 4.81. The molecule has 3 aromatic rings. The Hall–Kier alpha value is -2.70. The molecule has 122 valence electrons. The molecular weight excluding hydrogens is 324 g/mol. The molecule has 0 radical (unpaired) electrons. The largest absolute Gasteiger partial charge is 0.345 e. The molecule has 3 rings (SSSR count). The predicted molar refractivity (Wildman–Crippen MR) is 93.4 cm³/mol. The molecule has 2 aromatic carbocycles. The molecule has 24 heavy (non-hydrogen) atoms. The van der Waals surface area contributed by atoms with Gasteiger partial charge in [0.1, 0.15) is 0 Å². The highest BCUT2D eigenvalue weighted by Crippen LogP contribution is 2.26. The highest BCUT2D eigenvalue weighted by atomic mass is 32.1. The molecule has 3 N–H and O–H groups in total. The van der Waals surface area contributed by atoms with Crippen LogP contribution in [-0.4, -0.2) is 17.0 Å². The van der Waals surface area contributed by atoms with Gasteiger partial charge in [-0.3, -0.25) is 14.8 Å². The first-order valence-electron chi connectivity index (χ1n) is 7.41. The third kappa shape index (κ3) is 3.15. The summed E-state index contributed by atoms with van der Waals surface area (Å²) in [5, 5.41) is 14.4. The second-order valence-corrected chi connectivity index (χ2v) is 6.31. The fraction of sp³-hybridized carbons (Fsp3) is 0.111. The number of fused-ring (bicyclic) bond motifs is 1. The summed E-state index contributed by atoms with van der Waals surface area (Å²) in [6, 6.07) is 14.3. The number of nitrogens with one attached hydrogen (secondary N) is 2. The van der Waals surface area contributed by atoms with E-state index in [-0.39, 0.29) is 11.9 Å². The van der Waals surface area contributed by atoms with Crippen molar-refractivity contribution in [3.05, 3.63) is 70.6 Å². The Bertz CT molecular complexity index is 887. The summed E-state index contributed by atoms with van der Waals surface area (Å²) >= 11 is 1.54. The van der Waals surface area contributed by atoms with Crippen LogP contribution >= 0.6 is 11.3 Å². The highest BCUT2D eigenvalue weighted by Gasteiger charge is 2.15. The summed E-state index contributed by atoms with van der Waals surface area (Å²) in [6.45, 7) is 1.88. The molecule has 0 saturated heterocycles. The van der Waals surface area contributed by atoms with E-state index in [0.29, 0.717) is 11.1 Å². The van der Waals surface area contributed by atoms with Crippen molar-refractivity contribution in [2.24, 2.45) is 0 Å². The molecule has 0 aliphatic rings. The third-order valence-electron chi connectivity index (χ3n) is 3.85. The summed E-state index contributed by atoms with van der Waals surface area (Å²) in [6.07, 6.45) is 0. The van der Waals surface area contributed by atoms with E-state index in [9.17, 15) is 9.59 Å². The van der Waals surface area contributed by atoms with Gasteiger partial charge in [0.2, 0.25) is 0 Å². The van der Waals surface area contributed by atoms with Crippen LogP contribution in [0.25, 0.3) is 10.1 Å². The zero-order valence-electron chi connectivity index (χ0n) is 12.9. The van der Waals surface area contributed by atoms with E-state index in [0.717, 1.165) is 15.6 Å². The minimum absolute atomic E-state index is 0.128. The smallest absolute Gasteiger partial charge is 0.274 e. The quantitative estimate of drug-likeness (QED) is 0.502. The monoisotopic (exact) mass is 340 g/mol. The maximum atomic E-state index is 12.5. The van der Waals surface area contributed by atoms with Crippen molar-refractivity contribution in [2.45, 2.75) is 13.0 Å². The Kier molecular flexibility index (Phi) is 4.59. The summed E-state index contributed by atoms with van der Waals surface area (Å²) in [5.41, 5.74) is 3.48.